The molecule has 1 N–H and O–H groups in total. The van der Waals surface area contributed by atoms with Gasteiger partial charge in [-0.1, -0.05) is 30.7 Å². The van der Waals surface area contributed by atoms with Crippen LogP contribution in [0.3, 0.4) is 0 Å². The number of imidazole rings is 1. The summed E-state index contributed by atoms with van der Waals surface area (Å²) in [6.07, 6.45) is 6.39. The van der Waals surface area contributed by atoms with Gasteiger partial charge in [0, 0.05) is 30.0 Å². The highest BCUT2D eigenvalue weighted by molar-refractivity contribution is 6.31. The second-order valence-electron chi connectivity index (χ2n) is 5.70. The van der Waals surface area contributed by atoms with Gasteiger partial charge in [-0.3, -0.25) is 4.68 Å². The highest BCUT2D eigenvalue weighted by atomic mass is 35.5. The fourth-order valence-corrected chi connectivity index (χ4v) is 3.15. The van der Waals surface area contributed by atoms with Gasteiger partial charge in [0.2, 0.25) is 0 Å². The van der Waals surface area contributed by atoms with Gasteiger partial charge in [0.25, 0.3) is 0 Å². The molecular formula is C18H16ClN5. The Kier molecular flexibility index (Phi) is 3.58. The number of nitrogens with one attached hydrogen (secondary N) is 1. The van der Waals surface area contributed by atoms with Gasteiger partial charge in [-0.05, 0) is 29.7 Å². The third-order valence-corrected chi connectivity index (χ3v) is 4.47. The van der Waals surface area contributed by atoms with Crippen LogP contribution < -0.4 is 0 Å². The summed E-state index contributed by atoms with van der Waals surface area (Å²) in [6.45, 7) is 2.10. The molecule has 3 heterocycles. The molecule has 1 aromatic carbocycles. The summed E-state index contributed by atoms with van der Waals surface area (Å²) in [5.41, 5.74) is 5.74. The average molecular weight is 338 g/mol. The molecule has 0 radical (unpaired) electrons. The number of hydrogen-bond acceptors (Lipinski definition) is 3. The number of fused-ring (bicyclic) bond motifs is 1. The van der Waals surface area contributed by atoms with E-state index in [4.69, 9.17) is 11.6 Å². The summed E-state index contributed by atoms with van der Waals surface area (Å²) >= 11 is 6.38. The number of H-pyrrole nitrogens is 1. The highest BCUT2D eigenvalue weighted by Gasteiger charge is 2.13. The molecule has 0 aliphatic rings. The second kappa shape index (κ2) is 5.76. The maximum Gasteiger partial charge on any atom is 0.178 e. The van der Waals surface area contributed by atoms with Gasteiger partial charge in [0.05, 0.1) is 17.3 Å². The van der Waals surface area contributed by atoms with Crippen molar-refractivity contribution in [3.05, 3.63) is 53.4 Å². The molecule has 5 nitrogen and oxygen atoms in total. The van der Waals surface area contributed by atoms with Crippen LogP contribution in [0.2, 0.25) is 5.02 Å². The van der Waals surface area contributed by atoms with Crippen molar-refractivity contribution < 1.29 is 0 Å². The molecule has 0 bridgehead atoms. The zero-order valence-electron chi connectivity index (χ0n) is 13.4. The number of halogens is 1. The van der Waals surface area contributed by atoms with Gasteiger partial charge in [-0.15, -0.1) is 0 Å². The Labute approximate surface area is 144 Å². The van der Waals surface area contributed by atoms with Gasteiger partial charge < -0.3 is 4.98 Å². The minimum absolute atomic E-state index is 0.682. The number of aromatic amines is 1. The lowest BCUT2D eigenvalue weighted by molar-refractivity contribution is 0.768. The monoisotopic (exact) mass is 337 g/mol. The lowest BCUT2D eigenvalue weighted by Crippen LogP contribution is -1.86. The van der Waals surface area contributed by atoms with E-state index in [2.05, 4.69) is 39.1 Å². The SMILES string of the molecule is CCc1ccc(-c2ccnc3nc(-c4cnn(C)c4)[nH]c23)cc1Cl. The molecule has 0 fully saturated rings. The number of rotatable bonds is 3. The molecule has 0 saturated carbocycles. The number of pyridine rings is 1. The minimum Gasteiger partial charge on any atom is -0.336 e. The summed E-state index contributed by atoms with van der Waals surface area (Å²) in [5.74, 6) is 0.759. The van der Waals surface area contributed by atoms with Crippen LogP contribution in [0.25, 0.3) is 33.7 Å². The molecule has 120 valence electrons. The first kappa shape index (κ1) is 14.9. The van der Waals surface area contributed by atoms with Crippen molar-refractivity contribution in [2.45, 2.75) is 13.3 Å². The van der Waals surface area contributed by atoms with Crippen LogP contribution >= 0.6 is 11.6 Å². The van der Waals surface area contributed by atoms with E-state index in [0.717, 1.165) is 45.0 Å². The molecule has 0 saturated heterocycles. The Hall–Kier alpha value is -2.66. The number of nitrogens with zero attached hydrogens (tertiary/aromatic N) is 4. The zero-order chi connectivity index (χ0) is 16.7. The molecule has 0 atom stereocenters. The van der Waals surface area contributed by atoms with Gasteiger partial charge in [-0.25, -0.2) is 9.97 Å². The lowest BCUT2D eigenvalue weighted by Gasteiger charge is -2.06. The van der Waals surface area contributed by atoms with Crippen LogP contribution in [0, 0.1) is 0 Å². The third-order valence-electron chi connectivity index (χ3n) is 4.12. The summed E-state index contributed by atoms with van der Waals surface area (Å²) in [7, 11) is 1.88. The van der Waals surface area contributed by atoms with Crippen molar-refractivity contribution in [1.29, 1.82) is 0 Å². The van der Waals surface area contributed by atoms with Crippen LogP contribution in [0.5, 0.6) is 0 Å². The minimum atomic E-state index is 0.682. The van der Waals surface area contributed by atoms with Crippen molar-refractivity contribution >= 4 is 22.8 Å². The second-order valence-corrected chi connectivity index (χ2v) is 6.11. The number of hydrogen-bond donors (Lipinski definition) is 1. The molecule has 3 aromatic heterocycles. The molecule has 4 rings (SSSR count). The molecule has 0 aliphatic heterocycles. The van der Waals surface area contributed by atoms with Crippen molar-refractivity contribution in [2.75, 3.05) is 0 Å². The Morgan fingerprint density at radius 1 is 1.21 bits per heavy atom. The van der Waals surface area contributed by atoms with Crippen LogP contribution in [-0.4, -0.2) is 24.7 Å². The molecule has 0 aliphatic carbocycles. The van der Waals surface area contributed by atoms with E-state index in [0.29, 0.717) is 5.65 Å². The van der Waals surface area contributed by atoms with Crippen LogP contribution in [0.15, 0.2) is 42.9 Å². The summed E-state index contributed by atoms with van der Waals surface area (Å²) in [6, 6.07) is 8.14. The van der Waals surface area contributed by atoms with Gasteiger partial charge in [0.15, 0.2) is 5.65 Å². The van der Waals surface area contributed by atoms with Crippen LogP contribution in [-0.2, 0) is 13.5 Å². The van der Waals surface area contributed by atoms with E-state index in [9.17, 15) is 0 Å². The Morgan fingerprint density at radius 2 is 2.08 bits per heavy atom. The summed E-state index contributed by atoms with van der Waals surface area (Å²) in [4.78, 5) is 12.3. The molecule has 6 heteroatoms. The predicted molar refractivity (Wildman–Crippen MR) is 95.9 cm³/mol. The van der Waals surface area contributed by atoms with Crippen molar-refractivity contribution in [1.82, 2.24) is 24.7 Å². The lowest BCUT2D eigenvalue weighted by atomic mass is 10.0. The number of aromatic nitrogens is 5. The quantitative estimate of drug-likeness (QED) is 0.608. The van der Waals surface area contributed by atoms with E-state index in [1.165, 1.54) is 0 Å². The Balaban J connectivity index is 1.87. The van der Waals surface area contributed by atoms with E-state index in [1.807, 2.05) is 25.4 Å². The predicted octanol–water partition coefficient (Wildman–Crippen LogP) is 4.24. The summed E-state index contributed by atoms with van der Waals surface area (Å²) in [5, 5.41) is 4.98. The van der Waals surface area contributed by atoms with Crippen LogP contribution in [0.4, 0.5) is 0 Å². The fraction of sp³-hybridized carbons (Fsp3) is 0.167. The standard InChI is InChI=1S/C18H16ClN5/c1-3-11-4-5-12(8-15(11)19)14-6-7-20-18-16(14)22-17(23-18)13-9-21-24(2)10-13/h4-10H,3H2,1-2H3,(H,20,22,23). The Morgan fingerprint density at radius 3 is 2.79 bits per heavy atom. The molecule has 0 unspecified atom stereocenters. The number of benzene rings is 1. The largest absolute Gasteiger partial charge is 0.336 e. The highest BCUT2D eigenvalue weighted by Crippen LogP contribution is 2.31. The first-order chi connectivity index (χ1) is 11.7. The van der Waals surface area contributed by atoms with Gasteiger partial charge >= 0.3 is 0 Å². The zero-order valence-corrected chi connectivity index (χ0v) is 14.2. The molecule has 0 spiro atoms. The topological polar surface area (TPSA) is 59.4 Å². The van der Waals surface area contributed by atoms with E-state index in [-0.39, 0.29) is 0 Å². The Bertz CT molecular complexity index is 1030. The molecule has 0 amide bonds. The normalized spacial score (nSPS) is 11.3. The van der Waals surface area contributed by atoms with Gasteiger partial charge in [0.1, 0.15) is 5.82 Å². The number of aryl methyl sites for hydroxylation is 2. The molecule has 24 heavy (non-hydrogen) atoms. The maximum absolute atomic E-state index is 6.38. The van der Waals surface area contributed by atoms with Crippen LogP contribution in [0.1, 0.15) is 12.5 Å². The average Bonchev–Trinajstić information content (AvgIpc) is 3.20. The summed E-state index contributed by atoms with van der Waals surface area (Å²) < 4.78 is 1.75. The fourth-order valence-electron chi connectivity index (χ4n) is 2.83. The van der Waals surface area contributed by atoms with Crippen molar-refractivity contribution in [2.24, 2.45) is 7.05 Å². The third kappa shape index (κ3) is 2.47. The van der Waals surface area contributed by atoms with E-state index < -0.39 is 0 Å². The maximum atomic E-state index is 6.38. The van der Waals surface area contributed by atoms with Crippen molar-refractivity contribution in [3.63, 3.8) is 0 Å². The first-order valence-corrected chi connectivity index (χ1v) is 8.16. The van der Waals surface area contributed by atoms with E-state index in [1.54, 1.807) is 17.1 Å². The smallest absolute Gasteiger partial charge is 0.178 e. The van der Waals surface area contributed by atoms with Gasteiger partial charge in [-0.2, -0.15) is 5.10 Å². The van der Waals surface area contributed by atoms with E-state index >= 15 is 0 Å². The first-order valence-electron chi connectivity index (χ1n) is 7.78. The molecule has 4 aromatic rings. The molecular weight excluding hydrogens is 322 g/mol. The van der Waals surface area contributed by atoms with Crippen molar-refractivity contribution in [3.8, 4) is 22.5 Å².